The summed E-state index contributed by atoms with van der Waals surface area (Å²) in [6.07, 6.45) is 6.42. The Bertz CT molecular complexity index is 1470. The minimum Gasteiger partial charge on any atom is -0.352 e. The first kappa shape index (κ1) is 31.6. The Labute approximate surface area is 254 Å². The van der Waals surface area contributed by atoms with Gasteiger partial charge in [-0.15, -0.1) is 0 Å². The quantitative estimate of drug-likeness (QED) is 0.297. The zero-order chi connectivity index (χ0) is 30.3. The van der Waals surface area contributed by atoms with Crippen molar-refractivity contribution in [1.29, 1.82) is 0 Å². The van der Waals surface area contributed by atoms with E-state index in [1.165, 1.54) is 4.90 Å². The maximum atomic E-state index is 14.3. The fourth-order valence-corrected chi connectivity index (χ4v) is 6.65. The second-order valence-electron chi connectivity index (χ2n) is 11.3. The monoisotopic (exact) mass is 609 g/mol. The van der Waals surface area contributed by atoms with Crippen molar-refractivity contribution >= 4 is 39.1 Å². The van der Waals surface area contributed by atoms with Gasteiger partial charge in [0, 0.05) is 24.0 Å². The van der Waals surface area contributed by atoms with Gasteiger partial charge < -0.3 is 10.2 Å². The lowest BCUT2D eigenvalue weighted by Crippen LogP contribution is -2.55. The van der Waals surface area contributed by atoms with Crippen LogP contribution in [-0.4, -0.2) is 50.0 Å². The fourth-order valence-electron chi connectivity index (χ4n) is 5.62. The number of carbonyl (C=O) groups is 2. The summed E-state index contributed by atoms with van der Waals surface area (Å²) in [6.45, 7) is 3.37. The highest BCUT2D eigenvalue weighted by Gasteiger charge is 2.34. The minimum atomic E-state index is -3.83. The number of carbonyl (C=O) groups excluding carboxylic acids is 2. The Morgan fingerprint density at radius 1 is 0.929 bits per heavy atom. The Morgan fingerprint density at radius 3 is 2.17 bits per heavy atom. The molecule has 1 N–H and O–H groups in total. The van der Waals surface area contributed by atoms with Crippen LogP contribution in [0.1, 0.15) is 54.4 Å². The third kappa shape index (κ3) is 8.58. The number of benzene rings is 3. The number of halogens is 1. The molecule has 0 saturated heterocycles. The van der Waals surface area contributed by atoms with Crippen LogP contribution in [-0.2, 0) is 32.6 Å². The van der Waals surface area contributed by atoms with Crippen LogP contribution in [0.3, 0.4) is 0 Å². The van der Waals surface area contributed by atoms with E-state index in [9.17, 15) is 18.0 Å². The van der Waals surface area contributed by atoms with Crippen molar-refractivity contribution in [2.45, 2.75) is 71.0 Å². The van der Waals surface area contributed by atoms with Crippen molar-refractivity contribution < 1.29 is 18.0 Å². The average Bonchev–Trinajstić information content (AvgIpc) is 2.94. The molecule has 0 aromatic heterocycles. The summed E-state index contributed by atoms with van der Waals surface area (Å²) in [5, 5.41) is 3.68. The molecule has 4 rings (SSSR count). The van der Waals surface area contributed by atoms with E-state index >= 15 is 0 Å². The number of hydrogen-bond donors (Lipinski definition) is 1. The van der Waals surface area contributed by atoms with Crippen LogP contribution in [0, 0.1) is 13.8 Å². The molecule has 0 bridgehead atoms. The van der Waals surface area contributed by atoms with Gasteiger partial charge in [0.2, 0.25) is 21.8 Å². The summed E-state index contributed by atoms with van der Waals surface area (Å²) >= 11 is 6.54. The van der Waals surface area contributed by atoms with E-state index in [0.29, 0.717) is 16.3 Å². The lowest BCUT2D eigenvalue weighted by Gasteiger charge is -2.35. The smallest absolute Gasteiger partial charge is 0.244 e. The molecule has 7 nitrogen and oxygen atoms in total. The lowest BCUT2D eigenvalue weighted by atomic mass is 9.94. The number of sulfonamides is 1. The third-order valence-corrected chi connectivity index (χ3v) is 9.20. The third-order valence-electron chi connectivity index (χ3n) is 7.69. The molecule has 224 valence electrons. The summed E-state index contributed by atoms with van der Waals surface area (Å²) in [5.74, 6) is -0.734. The number of rotatable bonds is 11. The minimum absolute atomic E-state index is 0.0459. The van der Waals surface area contributed by atoms with Gasteiger partial charge in [0.1, 0.15) is 12.6 Å². The highest BCUT2D eigenvalue weighted by molar-refractivity contribution is 7.92. The maximum Gasteiger partial charge on any atom is 0.244 e. The number of amides is 2. The van der Waals surface area contributed by atoms with Crippen molar-refractivity contribution in [2.24, 2.45) is 0 Å². The molecular formula is C33H40ClN3O4S. The highest BCUT2D eigenvalue weighted by atomic mass is 35.5. The highest BCUT2D eigenvalue weighted by Crippen LogP contribution is 2.25. The van der Waals surface area contributed by atoms with Crippen LogP contribution in [0.2, 0.25) is 5.02 Å². The molecule has 1 atom stereocenters. The van der Waals surface area contributed by atoms with Crippen molar-refractivity contribution in [2.75, 3.05) is 17.1 Å². The van der Waals surface area contributed by atoms with E-state index in [-0.39, 0.29) is 24.9 Å². The normalized spacial score (nSPS) is 14.7. The van der Waals surface area contributed by atoms with Gasteiger partial charge in [-0.25, -0.2) is 8.42 Å². The van der Waals surface area contributed by atoms with Gasteiger partial charge in [-0.1, -0.05) is 85.5 Å². The second kappa shape index (κ2) is 14.2. The Hall–Kier alpha value is -3.36. The summed E-state index contributed by atoms with van der Waals surface area (Å²) in [7, 11) is -3.83. The first-order chi connectivity index (χ1) is 20.0. The predicted molar refractivity (Wildman–Crippen MR) is 169 cm³/mol. The van der Waals surface area contributed by atoms with Gasteiger partial charge in [-0.3, -0.25) is 13.9 Å². The SMILES string of the molecule is Cc1cc(C)cc(N(CC(=O)N(Cc2ccccc2Cl)[C@@H](Cc2ccccc2)C(=O)NC2CCCCC2)S(C)(=O)=O)c1. The van der Waals surface area contributed by atoms with E-state index in [1.807, 2.05) is 62.4 Å². The first-order valence-corrected chi connectivity index (χ1v) is 16.7. The molecule has 9 heteroatoms. The van der Waals surface area contributed by atoms with Crippen LogP contribution in [0.4, 0.5) is 5.69 Å². The molecule has 1 aliphatic rings. The van der Waals surface area contributed by atoms with Crippen LogP contribution < -0.4 is 9.62 Å². The van der Waals surface area contributed by atoms with Crippen LogP contribution in [0.25, 0.3) is 0 Å². The molecule has 3 aromatic rings. The molecule has 0 aliphatic heterocycles. The van der Waals surface area contributed by atoms with Gasteiger partial charge in [-0.05, 0) is 67.1 Å². The standard InChI is InChI=1S/C33H40ClN3O4S/c1-24-18-25(2)20-29(19-24)37(42(3,40)41)23-32(38)36(22-27-14-10-11-17-30(27)34)31(21-26-12-6-4-7-13-26)33(39)35-28-15-8-5-9-16-28/h4,6-7,10-14,17-20,28,31H,5,8-9,15-16,21-23H2,1-3H3,(H,35,39)/t31-/m0/s1. The Morgan fingerprint density at radius 2 is 1.55 bits per heavy atom. The van der Waals surface area contributed by atoms with Gasteiger partial charge in [0.05, 0.1) is 11.9 Å². The molecule has 1 saturated carbocycles. The van der Waals surface area contributed by atoms with E-state index in [1.54, 1.807) is 24.3 Å². The molecule has 2 amide bonds. The fraction of sp³-hybridized carbons (Fsp3) is 0.394. The number of nitrogens with one attached hydrogen (secondary N) is 1. The van der Waals surface area contributed by atoms with Crippen molar-refractivity contribution in [3.05, 3.63) is 100 Å². The van der Waals surface area contributed by atoms with Crippen molar-refractivity contribution in [1.82, 2.24) is 10.2 Å². The molecule has 1 aliphatic carbocycles. The molecule has 0 radical (unpaired) electrons. The van der Waals surface area contributed by atoms with E-state index < -0.39 is 28.5 Å². The topological polar surface area (TPSA) is 86.8 Å². The summed E-state index contributed by atoms with van der Waals surface area (Å²) in [4.78, 5) is 29.8. The van der Waals surface area contributed by atoms with Gasteiger partial charge in [0.25, 0.3) is 0 Å². The molecule has 0 unspecified atom stereocenters. The largest absolute Gasteiger partial charge is 0.352 e. The average molecular weight is 610 g/mol. The zero-order valence-corrected chi connectivity index (χ0v) is 26.1. The van der Waals surface area contributed by atoms with E-state index in [4.69, 9.17) is 11.6 Å². The van der Waals surface area contributed by atoms with Gasteiger partial charge >= 0.3 is 0 Å². The van der Waals surface area contributed by atoms with Gasteiger partial charge in [0.15, 0.2) is 0 Å². The van der Waals surface area contributed by atoms with Crippen molar-refractivity contribution in [3.63, 3.8) is 0 Å². The summed E-state index contributed by atoms with van der Waals surface area (Å²) in [6, 6.07) is 21.4. The van der Waals surface area contributed by atoms with Crippen LogP contribution in [0.15, 0.2) is 72.8 Å². The molecule has 1 fully saturated rings. The van der Waals surface area contributed by atoms with E-state index in [2.05, 4.69) is 5.32 Å². The molecule has 3 aromatic carbocycles. The first-order valence-electron chi connectivity index (χ1n) is 14.4. The zero-order valence-electron chi connectivity index (χ0n) is 24.6. The van der Waals surface area contributed by atoms with Crippen LogP contribution >= 0.6 is 11.6 Å². The maximum absolute atomic E-state index is 14.3. The Balaban J connectivity index is 1.74. The van der Waals surface area contributed by atoms with E-state index in [0.717, 1.165) is 59.4 Å². The van der Waals surface area contributed by atoms with Crippen molar-refractivity contribution in [3.8, 4) is 0 Å². The summed E-state index contributed by atoms with van der Waals surface area (Å²) < 4.78 is 27.2. The predicted octanol–water partition coefficient (Wildman–Crippen LogP) is 5.81. The number of anilines is 1. The molecule has 42 heavy (non-hydrogen) atoms. The summed E-state index contributed by atoms with van der Waals surface area (Å²) in [5.41, 5.74) is 3.74. The van der Waals surface area contributed by atoms with Crippen LogP contribution in [0.5, 0.6) is 0 Å². The number of aryl methyl sites for hydroxylation is 2. The molecular weight excluding hydrogens is 570 g/mol. The molecule has 0 spiro atoms. The number of hydrogen-bond acceptors (Lipinski definition) is 4. The molecule has 0 heterocycles. The second-order valence-corrected chi connectivity index (χ2v) is 13.6. The lowest BCUT2D eigenvalue weighted by molar-refractivity contribution is -0.140. The Kier molecular flexibility index (Phi) is 10.7. The number of nitrogens with zero attached hydrogens (tertiary/aromatic N) is 2. The van der Waals surface area contributed by atoms with Gasteiger partial charge in [-0.2, -0.15) is 0 Å².